The van der Waals surface area contributed by atoms with Crippen LogP contribution in [0.1, 0.15) is 6.92 Å². The molecule has 1 N–H and O–H groups in total. The predicted octanol–water partition coefficient (Wildman–Crippen LogP) is 2.67. The monoisotopic (exact) mass is 295 g/mol. The predicted molar refractivity (Wildman–Crippen MR) is 76.9 cm³/mol. The van der Waals surface area contributed by atoms with Crippen LogP contribution in [-0.2, 0) is 4.79 Å². The largest absolute Gasteiger partial charge is 0.494 e. The van der Waals surface area contributed by atoms with Crippen molar-refractivity contribution in [2.75, 3.05) is 17.7 Å². The van der Waals surface area contributed by atoms with Crippen molar-refractivity contribution >= 4 is 34.1 Å². The van der Waals surface area contributed by atoms with Gasteiger partial charge in [-0.05, 0) is 31.2 Å². The van der Waals surface area contributed by atoms with Crippen molar-refractivity contribution in [3.8, 4) is 5.75 Å². The summed E-state index contributed by atoms with van der Waals surface area (Å²) in [5, 5.41) is 10.6. The third-order valence-electron chi connectivity index (χ3n) is 2.11. The standard InChI is InChI=1S/C12H13N3O2S2/c1-2-17-9-3-5-10(6-4-9)18-7-11(16)14-12-15-13-8-19-12/h3-6,8H,2,7H2,1H3,(H,14,15,16). The summed E-state index contributed by atoms with van der Waals surface area (Å²) in [6.07, 6.45) is 0. The van der Waals surface area contributed by atoms with Crippen LogP contribution in [0, 0.1) is 0 Å². The van der Waals surface area contributed by atoms with Crippen molar-refractivity contribution in [2.24, 2.45) is 0 Å². The zero-order chi connectivity index (χ0) is 13.5. The van der Waals surface area contributed by atoms with Crippen LogP contribution in [-0.4, -0.2) is 28.5 Å². The molecule has 0 bridgehead atoms. The molecule has 5 nitrogen and oxygen atoms in total. The molecule has 0 spiro atoms. The van der Waals surface area contributed by atoms with Crippen LogP contribution in [0.25, 0.3) is 0 Å². The number of carbonyl (C=O) groups excluding carboxylic acids is 1. The number of carbonyl (C=O) groups is 1. The molecule has 0 unspecified atom stereocenters. The molecule has 1 aromatic carbocycles. The third kappa shape index (κ3) is 4.53. The molecule has 0 saturated heterocycles. The van der Waals surface area contributed by atoms with E-state index in [9.17, 15) is 4.79 Å². The van der Waals surface area contributed by atoms with Crippen LogP contribution in [0.2, 0.25) is 0 Å². The normalized spacial score (nSPS) is 10.2. The first-order valence-electron chi connectivity index (χ1n) is 5.69. The van der Waals surface area contributed by atoms with Gasteiger partial charge in [0.15, 0.2) is 0 Å². The van der Waals surface area contributed by atoms with Gasteiger partial charge in [-0.15, -0.1) is 22.0 Å². The number of anilines is 1. The van der Waals surface area contributed by atoms with Crippen molar-refractivity contribution in [1.29, 1.82) is 0 Å². The molecule has 19 heavy (non-hydrogen) atoms. The second-order valence-corrected chi connectivity index (χ2v) is 5.37. The van der Waals surface area contributed by atoms with Crippen molar-refractivity contribution in [3.63, 3.8) is 0 Å². The fraction of sp³-hybridized carbons (Fsp3) is 0.250. The van der Waals surface area contributed by atoms with E-state index in [0.29, 0.717) is 17.5 Å². The lowest BCUT2D eigenvalue weighted by Gasteiger charge is -2.04. The Morgan fingerprint density at radius 2 is 2.21 bits per heavy atom. The Balaban J connectivity index is 1.79. The summed E-state index contributed by atoms with van der Waals surface area (Å²) in [5.41, 5.74) is 1.58. The van der Waals surface area contributed by atoms with Crippen LogP contribution in [0.4, 0.5) is 5.13 Å². The van der Waals surface area contributed by atoms with Gasteiger partial charge in [0.25, 0.3) is 0 Å². The summed E-state index contributed by atoms with van der Waals surface area (Å²) < 4.78 is 5.35. The van der Waals surface area contributed by atoms with Gasteiger partial charge < -0.3 is 4.74 Å². The minimum atomic E-state index is -0.0874. The van der Waals surface area contributed by atoms with Crippen molar-refractivity contribution < 1.29 is 9.53 Å². The Morgan fingerprint density at radius 1 is 1.42 bits per heavy atom. The Kier molecular flexibility index (Phi) is 5.17. The van der Waals surface area contributed by atoms with Gasteiger partial charge in [0.05, 0.1) is 12.4 Å². The molecule has 0 aliphatic heterocycles. The van der Waals surface area contributed by atoms with E-state index in [1.165, 1.54) is 23.1 Å². The topological polar surface area (TPSA) is 64.1 Å². The summed E-state index contributed by atoms with van der Waals surface area (Å²) in [6, 6.07) is 7.67. The second kappa shape index (κ2) is 7.10. The first-order chi connectivity index (χ1) is 9.28. The van der Waals surface area contributed by atoms with Crippen LogP contribution in [0.3, 0.4) is 0 Å². The SMILES string of the molecule is CCOc1ccc(SCC(=O)Nc2nncs2)cc1. The van der Waals surface area contributed by atoms with Gasteiger partial charge in [0, 0.05) is 4.90 Å². The van der Waals surface area contributed by atoms with E-state index in [1.807, 2.05) is 31.2 Å². The van der Waals surface area contributed by atoms with E-state index in [2.05, 4.69) is 15.5 Å². The second-order valence-electron chi connectivity index (χ2n) is 3.49. The molecular formula is C12H13N3O2S2. The van der Waals surface area contributed by atoms with Crippen LogP contribution in [0.5, 0.6) is 5.75 Å². The lowest BCUT2D eigenvalue weighted by Crippen LogP contribution is -2.13. The fourth-order valence-electron chi connectivity index (χ4n) is 1.33. The van der Waals surface area contributed by atoms with Gasteiger partial charge in [-0.3, -0.25) is 10.1 Å². The van der Waals surface area contributed by atoms with Gasteiger partial charge in [-0.2, -0.15) is 0 Å². The number of amides is 1. The zero-order valence-corrected chi connectivity index (χ0v) is 12.0. The molecule has 0 saturated carbocycles. The molecule has 1 amide bonds. The molecule has 1 heterocycles. The highest BCUT2D eigenvalue weighted by Gasteiger charge is 2.05. The number of rotatable bonds is 6. The minimum Gasteiger partial charge on any atom is -0.494 e. The van der Waals surface area contributed by atoms with E-state index in [1.54, 1.807) is 5.51 Å². The van der Waals surface area contributed by atoms with Crippen LogP contribution >= 0.6 is 23.1 Å². The summed E-state index contributed by atoms with van der Waals surface area (Å²) in [5.74, 6) is 1.09. The highest BCUT2D eigenvalue weighted by Crippen LogP contribution is 2.21. The Morgan fingerprint density at radius 3 is 2.84 bits per heavy atom. The first-order valence-corrected chi connectivity index (χ1v) is 7.56. The van der Waals surface area contributed by atoms with Crippen LogP contribution in [0.15, 0.2) is 34.7 Å². The molecule has 2 aromatic rings. The first kappa shape index (κ1) is 13.8. The Hall–Kier alpha value is -1.60. The number of ether oxygens (including phenoxy) is 1. The number of hydrogen-bond donors (Lipinski definition) is 1. The number of nitrogens with zero attached hydrogens (tertiary/aromatic N) is 2. The van der Waals surface area contributed by atoms with E-state index in [-0.39, 0.29) is 5.91 Å². The number of aromatic nitrogens is 2. The van der Waals surface area contributed by atoms with E-state index >= 15 is 0 Å². The molecule has 7 heteroatoms. The van der Waals surface area contributed by atoms with Gasteiger partial charge in [-0.25, -0.2) is 0 Å². The summed E-state index contributed by atoms with van der Waals surface area (Å²) in [7, 11) is 0. The van der Waals surface area contributed by atoms with Gasteiger partial charge in [0.2, 0.25) is 11.0 Å². The number of benzene rings is 1. The highest BCUT2D eigenvalue weighted by molar-refractivity contribution is 8.00. The molecular weight excluding hydrogens is 282 g/mol. The number of nitrogens with one attached hydrogen (secondary N) is 1. The Labute approximate surface area is 119 Å². The quantitative estimate of drug-likeness (QED) is 0.830. The number of hydrogen-bond acceptors (Lipinski definition) is 6. The maximum absolute atomic E-state index is 11.6. The van der Waals surface area contributed by atoms with Crippen LogP contribution < -0.4 is 10.1 Å². The molecule has 0 radical (unpaired) electrons. The lowest BCUT2D eigenvalue weighted by molar-refractivity contribution is -0.113. The molecule has 0 aliphatic rings. The average Bonchev–Trinajstić information content (AvgIpc) is 2.91. The molecule has 0 atom stereocenters. The van der Waals surface area contributed by atoms with Crippen molar-refractivity contribution in [2.45, 2.75) is 11.8 Å². The van der Waals surface area contributed by atoms with E-state index < -0.39 is 0 Å². The average molecular weight is 295 g/mol. The Bertz CT molecular complexity index is 514. The maximum atomic E-state index is 11.6. The maximum Gasteiger partial charge on any atom is 0.236 e. The summed E-state index contributed by atoms with van der Waals surface area (Å²) in [4.78, 5) is 12.7. The highest BCUT2D eigenvalue weighted by atomic mass is 32.2. The molecule has 1 aromatic heterocycles. The van der Waals surface area contributed by atoms with Crippen molar-refractivity contribution in [1.82, 2.24) is 10.2 Å². The molecule has 0 aliphatic carbocycles. The van der Waals surface area contributed by atoms with Crippen molar-refractivity contribution in [3.05, 3.63) is 29.8 Å². The molecule has 0 fully saturated rings. The molecule has 2 rings (SSSR count). The fourth-order valence-corrected chi connectivity index (χ4v) is 2.49. The van der Waals surface area contributed by atoms with Gasteiger partial charge in [-0.1, -0.05) is 11.3 Å². The number of thioether (sulfide) groups is 1. The zero-order valence-electron chi connectivity index (χ0n) is 10.3. The summed E-state index contributed by atoms with van der Waals surface area (Å²) in [6.45, 7) is 2.59. The molecule has 100 valence electrons. The smallest absolute Gasteiger partial charge is 0.236 e. The third-order valence-corrected chi connectivity index (χ3v) is 3.73. The van der Waals surface area contributed by atoms with Gasteiger partial charge in [0.1, 0.15) is 11.3 Å². The van der Waals surface area contributed by atoms with Gasteiger partial charge >= 0.3 is 0 Å². The lowest BCUT2D eigenvalue weighted by atomic mass is 10.3. The summed E-state index contributed by atoms with van der Waals surface area (Å²) >= 11 is 2.77. The van der Waals surface area contributed by atoms with E-state index in [4.69, 9.17) is 4.74 Å². The van der Waals surface area contributed by atoms with E-state index in [0.717, 1.165) is 10.6 Å². The minimum absolute atomic E-state index is 0.0874.